The van der Waals surface area contributed by atoms with E-state index in [2.05, 4.69) is 10.3 Å². The van der Waals surface area contributed by atoms with E-state index in [1.165, 1.54) is 0 Å². The standard InChI is InChI=1S/C14H19N3O2/c1-3-11(14(18)19)17-12-7-5-4-6-10(12)16-13(17)8-9-15-2/h4-7,11,15H,3,8-9H2,1-2H3,(H,18,19). The molecule has 0 saturated heterocycles. The first-order chi connectivity index (χ1) is 9.19. The Morgan fingerprint density at radius 2 is 2.21 bits per heavy atom. The lowest BCUT2D eigenvalue weighted by Gasteiger charge is -2.16. The Bertz CT molecular complexity index is 577. The number of carboxylic acids is 1. The summed E-state index contributed by atoms with van der Waals surface area (Å²) >= 11 is 0. The van der Waals surface area contributed by atoms with Crippen LogP contribution >= 0.6 is 0 Å². The van der Waals surface area contributed by atoms with E-state index in [-0.39, 0.29) is 0 Å². The highest BCUT2D eigenvalue weighted by molar-refractivity contribution is 5.80. The zero-order chi connectivity index (χ0) is 13.8. The van der Waals surface area contributed by atoms with Crippen LogP contribution < -0.4 is 5.32 Å². The number of aromatic nitrogens is 2. The number of para-hydroxylation sites is 2. The molecule has 1 aromatic carbocycles. The minimum Gasteiger partial charge on any atom is -0.480 e. The average Bonchev–Trinajstić information content (AvgIpc) is 2.76. The summed E-state index contributed by atoms with van der Waals surface area (Å²) < 4.78 is 1.86. The summed E-state index contributed by atoms with van der Waals surface area (Å²) in [7, 11) is 1.88. The fourth-order valence-corrected chi connectivity index (χ4v) is 2.32. The number of imidazole rings is 1. The molecular weight excluding hydrogens is 242 g/mol. The number of hydrogen-bond acceptors (Lipinski definition) is 3. The average molecular weight is 261 g/mol. The molecule has 1 heterocycles. The fourth-order valence-electron chi connectivity index (χ4n) is 2.32. The summed E-state index contributed by atoms with van der Waals surface area (Å²) in [6.07, 6.45) is 1.26. The van der Waals surface area contributed by atoms with Gasteiger partial charge < -0.3 is 15.0 Å². The van der Waals surface area contributed by atoms with E-state index in [0.29, 0.717) is 6.42 Å². The molecule has 0 aliphatic rings. The number of benzene rings is 1. The van der Waals surface area contributed by atoms with Gasteiger partial charge in [-0.25, -0.2) is 9.78 Å². The third kappa shape index (κ3) is 2.61. The molecule has 2 aromatic rings. The number of carbonyl (C=O) groups is 1. The van der Waals surface area contributed by atoms with Crippen molar-refractivity contribution in [1.29, 1.82) is 0 Å². The smallest absolute Gasteiger partial charge is 0.326 e. The molecule has 5 heteroatoms. The minimum absolute atomic E-state index is 0.544. The molecule has 0 aliphatic heterocycles. The van der Waals surface area contributed by atoms with E-state index in [0.717, 1.165) is 29.8 Å². The Balaban J connectivity index is 2.56. The first-order valence-electron chi connectivity index (χ1n) is 6.52. The van der Waals surface area contributed by atoms with Crippen molar-refractivity contribution in [2.75, 3.05) is 13.6 Å². The second kappa shape index (κ2) is 5.84. The van der Waals surface area contributed by atoms with Crippen LogP contribution in [-0.4, -0.2) is 34.2 Å². The quantitative estimate of drug-likeness (QED) is 0.832. The molecule has 0 bridgehead atoms. The van der Waals surface area contributed by atoms with Crippen molar-refractivity contribution in [3.8, 4) is 0 Å². The maximum atomic E-state index is 11.4. The minimum atomic E-state index is -0.809. The summed E-state index contributed by atoms with van der Waals surface area (Å²) in [4.78, 5) is 16.0. The van der Waals surface area contributed by atoms with Crippen molar-refractivity contribution in [2.45, 2.75) is 25.8 Å². The lowest BCUT2D eigenvalue weighted by atomic mass is 10.2. The SMILES string of the molecule is CCC(C(=O)O)n1c(CCNC)nc2ccccc21. The van der Waals surface area contributed by atoms with E-state index >= 15 is 0 Å². The molecule has 0 fully saturated rings. The van der Waals surface area contributed by atoms with Gasteiger partial charge in [0.15, 0.2) is 0 Å². The number of likely N-dealkylation sites (N-methyl/N-ethyl adjacent to an activating group) is 1. The predicted octanol–water partition coefficient (Wildman–Crippen LogP) is 1.83. The summed E-state index contributed by atoms with van der Waals surface area (Å²) in [6, 6.07) is 7.12. The summed E-state index contributed by atoms with van der Waals surface area (Å²) in [5.74, 6) is 0.0150. The van der Waals surface area contributed by atoms with Gasteiger partial charge in [0.2, 0.25) is 0 Å². The molecule has 1 unspecified atom stereocenters. The molecule has 0 amide bonds. The van der Waals surface area contributed by atoms with Gasteiger partial charge in [0.1, 0.15) is 11.9 Å². The monoisotopic (exact) mass is 261 g/mol. The maximum absolute atomic E-state index is 11.4. The van der Waals surface area contributed by atoms with Crippen molar-refractivity contribution < 1.29 is 9.90 Å². The first kappa shape index (κ1) is 13.5. The number of nitrogens with zero attached hydrogens (tertiary/aromatic N) is 2. The molecule has 1 atom stereocenters. The van der Waals surface area contributed by atoms with E-state index in [1.807, 2.05) is 42.8 Å². The van der Waals surface area contributed by atoms with Crippen LogP contribution in [-0.2, 0) is 11.2 Å². The Hall–Kier alpha value is -1.88. The van der Waals surface area contributed by atoms with E-state index < -0.39 is 12.0 Å². The predicted molar refractivity (Wildman–Crippen MR) is 74.3 cm³/mol. The first-order valence-corrected chi connectivity index (χ1v) is 6.52. The molecule has 5 nitrogen and oxygen atoms in total. The number of hydrogen-bond donors (Lipinski definition) is 2. The second-order valence-electron chi connectivity index (χ2n) is 4.50. The lowest BCUT2D eigenvalue weighted by Crippen LogP contribution is -2.22. The van der Waals surface area contributed by atoms with Crippen LogP contribution in [0.15, 0.2) is 24.3 Å². The molecule has 2 rings (SSSR count). The largest absolute Gasteiger partial charge is 0.480 e. The van der Waals surface area contributed by atoms with Crippen LogP contribution in [0.1, 0.15) is 25.2 Å². The summed E-state index contributed by atoms with van der Waals surface area (Å²) in [5.41, 5.74) is 1.75. The number of aliphatic carboxylic acids is 1. The highest BCUT2D eigenvalue weighted by Gasteiger charge is 2.22. The van der Waals surface area contributed by atoms with Gasteiger partial charge in [0.05, 0.1) is 11.0 Å². The van der Waals surface area contributed by atoms with Gasteiger partial charge in [-0.05, 0) is 25.6 Å². The van der Waals surface area contributed by atoms with Crippen LogP contribution in [0.25, 0.3) is 11.0 Å². The molecule has 0 saturated carbocycles. The van der Waals surface area contributed by atoms with Gasteiger partial charge in [-0.1, -0.05) is 19.1 Å². The Labute approximate surface area is 112 Å². The third-order valence-corrected chi connectivity index (χ3v) is 3.25. The highest BCUT2D eigenvalue weighted by Crippen LogP contribution is 2.23. The van der Waals surface area contributed by atoms with Gasteiger partial charge in [0, 0.05) is 13.0 Å². The van der Waals surface area contributed by atoms with E-state index in [4.69, 9.17) is 0 Å². The van der Waals surface area contributed by atoms with Gasteiger partial charge in [-0.2, -0.15) is 0 Å². The normalized spacial score (nSPS) is 12.7. The van der Waals surface area contributed by atoms with Crippen molar-refractivity contribution in [3.05, 3.63) is 30.1 Å². The lowest BCUT2D eigenvalue weighted by molar-refractivity contribution is -0.140. The van der Waals surface area contributed by atoms with E-state index in [9.17, 15) is 9.90 Å². The van der Waals surface area contributed by atoms with Crippen LogP contribution in [0, 0.1) is 0 Å². The van der Waals surface area contributed by atoms with Gasteiger partial charge in [-0.3, -0.25) is 0 Å². The molecule has 2 N–H and O–H groups in total. The van der Waals surface area contributed by atoms with Gasteiger partial charge >= 0.3 is 5.97 Å². The van der Waals surface area contributed by atoms with Crippen molar-refractivity contribution in [2.24, 2.45) is 0 Å². The zero-order valence-electron chi connectivity index (χ0n) is 11.3. The van der Waals surface area contributed by atoms with Crippen molar-refractivity contribution in [3.63, 3.8) is 0 Å². The van der Waals surface area contributed by atoms with Gasteiger partial charge in [0.25, 0.3) is 0 Å². The van der Waals surface area contributed by atoms with E-state index in [1.54, 1.807) is 0 Å². The van der Waals surface area contributed by atoms with Crippen molar-refractivity contribution in [1.82, 2.24) is 14.9 Å². The number of carboxylic acid groups (broad SMARTS) is 1. The summed E-state index contributed by atoms with van der Waals surface area (Å²) in [6.45, 7) is 2.66. The second-order valence-corrected chi connectivity index (χ2v) is 4.50. The zero-order valence-corrected chi connectivity index (χ0v) is 11.3. The Morgan fingerprint density at radius 3 is 2.84 bits per heavy atom. The molecular formula is C14H19N3O2. The van der Waals surface area contributed by atoms with Gasteiger partial charge in [-0.15, -0.1) is 0 Å². The molecule has 102 valence electrons. The fraction of sp³-hybridized carbons (Fsp3) is 0.429. The molecule has 1 aromatic heterocycles. The number of nitrogens with one attached hydrogen (secondary N) is 1. The molecule has 0 radical (unpaired) electrons. The van der Waals surface area contributed by atoms with Crippen molar-refractivity contribution >= 4 is 17.0 Å². The van der Waals surface area contributed by atoms with Crippen LogP contribution in [0.5, 0.6) is 0 Å². The molecule has 0 spiro atoms. The third-order valence-electron chi connectivity index (χ3n) is 3.25. The number of rotatable bonds is 6. The number of fused-ring (bicyclic) bond motifs is 1. The van der Waals surface area contributed by atoms with Crippen LogP contribution in [0.2, 0.25) is 0 Å². The summed E-state index contributed by atoms with van der Waals surface area (Å²) in [5, 5.41) is 12.5. The Morgan fingerprint density at radius 1 is 1.47 bits per heavy atom. The molecule has 19 heavy (non-hydrogen) atoms. The highest BCUT2D eigenvalue weighted by atomic mass is 16.4. The topological polar surface area (TPSA) is 67.2 Å². The maximum Gasteiger partial charge on any atom is 0.326 e. The van der Waals surface area contributed by atoms with Crippen LogP contribution in [0.3, 0.4) is 0 Å². The molecule has 0 aliphatic carbocycles. The van der Waals surface area contributed by atoms with Crippen LogP contribution in [0.4, 0.5) is 0 Å². The Kier molecular flexibility index (Phi) is 4.16.